The summed E-state index contributed by atoms with van der Waals surface area (Å²) in [5.74, 6) is -3.24. The number of hydrogen-bond acceptors (Lipinski definition) is 11. The number of aliphatic hydroxyl groups excluding tert-OH is 2. The van der Waals surface area contributed by atoms with Crippen molar-refractivity contribution in [3.05, 3.63) is 134 Å². The molecule has 6 unspecified atom stereocenters. The monoisotopic (exact) mass is 1160 g/mol. The van der Waals surface area contributed by atoms with Crippen molar-refractivity contribution in [2.75, 3.05) is 13.2 Å². The van der Waals surface area contributed by atoms with E-state index in [9.17, 15) is 34.5 Å². The fraction of sp³-hybridized carbons (Fsp3) is 0.634. The van der Waals surface area contributed by atoms with Gasteiger partial charge in [0.05, 0.1) is 6.61 Å². The number of rotatable bonds is 53. The normalized spacial score (nSPS) is 18.5. The molecule has 6 atom stereocenters. The molecular weight excluding hydrogens is 1040 g/mol. The van der Waals surface area contributed by atoms with Crippen molar-refractivity contribution < 1.29 is 58.2 Å². The van der Waals surface area contributed by atoms with Crippen molar-refractivity contribution in [1.29, 1.82) is 0 Å². The number of carbonyl (C=O) groups excluding carboxylic acids is 3. The highest BCUT2D eigenvalue weighted by atomic mass is 16.7. The predicted molar refractivity (Wildman–Crippen MR) is 340 cm³/mol. The van der Waals surface area contributed by atoms with Crippen molar-refractivity contribution in [2.24, 2.45) is 0 Å². The van der Waals surface area contributed by atoms with Crippen LogP contribution in [0.3, 0.4) is 0 Å². The molecule has 12 heteroatoms. The second-order valence-corrected chi connectivity index (χ2v) is 21.3. The molecule has 12 nitrogen and oxygen atoms in total. The lowest BCUT2D eigenvalue weighted by atomic mass is 9.98. The Bertz CT molecular complexity index is 1950. The average molecular weight is 1160 g/mol. The molecule has 1 saturated heterocycles. The number of allylic oxidation sites excluding steroid dienone is 22. The molecular formula is C71H112O12. The van der Waals surface area contributed by atoms with Crippen molar-refractivity contribution in [3.8, 4) is 0 Å². The molecule has 0 radical (unpaired) electrons. The van der Waals surface area contributed by atoms with Crippen LogP contribution < -0.4 is 0 Å². The molecule has 83 heavy (non-hydrogen) atoms. The summed E-state index contributed by atoms with van der Waals surface area (Å²) < 4.78 is 28.4. The van der Waals surface area contributed by atoms with Gasteiger partial charge in [-0.1, -0.05) is 225 Å². The Balaban J connectivity index is 2.72. The van der Waals surface area contributed by atoms with Gasteiger partial charge in [0.2, 0.25) is 0 Å². The zero-order chi connectivity index (χ0) is 60.3. The highest BCUT2D eigenvalue weighted by Crippen LogP contribution is 2.26. The highest BCUT2D eigenvalue weighted by molar-refractivity contribution is 5.74. The van der Waals surface area contributed by atoms with Crippen LogP contribution in [-0.2, 0) is 42.9 Å². The quantitative estimate of drug-likeness (QED) is 0.0228. The Labute approximate surface area is 502 Å². The Hall–Kier alpha value is -5.14. The summed E-state index contributed by atoms with van der Waals surface area (Å²) in [6, 6.07) is 0. The first-order valence-electron chi connectivity index (χ1n) is 32.2. The summed E-state index contributed by atoms with van der Waals surface area (Å²) in [4.78, 5) is 51.3. The van der Waals surface area contributed by atoms with E-state index in [-0.39, 0.29) is 25.9 Å². The van der Waals surface area contributed by atoms with Crippen LogP contribution in [0.5, 0.6) is 0 Å². The molecule has 0 aromatic carbocycles. The molecule has 1 aliphatic heterocycles. The van der Waals surface area contributed by atoms with E-state index in [0.717, 1.165) is 154 Å². The summed E-state index contributed by atoms with van der Waals surface area (Å²) >= 11 is 0. The van der Waals surface area contributed by atoms with Crippen LogP contribution >= 0.6 is 0 Å². The van der Waals surface area contributed by atoms with Gasteiger partial charge in [-0.15, -0.1) is 0 Å². The third-order valence-electron chi connectivity index (χ3n) is 13.7. The van der Waals surface area contributed by atoms with E-state index >= 15 is 0 Å². The predicted octanol–water partition coefficient (Wildman–Crippen LogP) is 17.3. The minimum Gasteiger partial charge on any atom is -0.479 e. The fourth-order valence-corrected chi connectivity index (χ4v) is 8.84. The average Bonchev–Trinajstić information content (AvgIpc) is 3.58. The first-order chi connectivity index (χ1) is 40.6. The molecule has 1 aliphatic rings. The number of carboxylic acid groups (broad SMARTS) is 1. The van der Waals surface area contributed by atoms with Gasteiger partial charge in [-0.3, -0.25) is 14.4 Å². The van der Waals surface area contributed by atoms with E-state index in [2.05, 4.69) is 148 Å². The summed E-state index contributed by atoms with van der Waals surface area (Å²) in [7, 11) is 0. The lowest BCUT2D eigenvalue weighted by molar-refractivity contribution is -0.301. The summed E-state index contributed by atoms with van der Waals surface area (Å²) in [6.07, 6.45) is 68.3. The van der Waals surface area contributed by atoms with E-state index in [1.807, 2.05) is 6.08 Å². The van der Waals surface area contributed by atoms with Crippen molar-refractivity contribution in [2.45, 2.75) is 276 Å². The number of ether oxygens (including phenoxy) is 5. The minimum absolute atomic E-state index is 0.0320. The van der Waals surface area contributed by atoms with Gasteiger partial charge in [-0.05, 0) is 128 Å². The topological polar surface area (TPSA) is 175 Å². The van der Waals surface area contributed by atoms with Crippen LogP contribution in [0.2, 0.25) is 0 Å². The number of esters is 3. The van der Waals surface area contributed by atoms with Crippen LogP contribution in [0.15, 0.2) is 134 Å². The van der Waals surface area contributed by atoms with E-state index in [1.54, 1.807) is 0 Å². The van der Waals surface area contributed by atoms with Crippen molar-refractivity contribution in [3.63, 3.8) is 0 Å². The molecule has 1 rings (SSSR count). The minimum atomic E-state index is -1.93. The van der Waals surface area contributed by atoms with Crippen LogP contribution in [0.25, 0.3) is 0 Å². The molecule has 0 aromatic heterocycles. The third-order valence-corrected chi connectivity index (χ3v) is 13.7. The maximum Gasteiger partial charge on any atom is 0.335 e. The first kappa shape index (κ1) is 75.9. The van der Waals surface area contributed by atoms with Gasteiger partial charge in [0.25, 0.3) is 0 Å². The number of hydrogen-bond donors (Lipinski definition) is 3. The van der Waals surface area contributed by atoms with Gasteiger partial charge >= 0.3 is 23.9 Å². The molecule has 0 spiro atoms. The number of unbranched alkanes of at least 4 members (excludes halogenated alkanes) is 17. The molecule has 1 heterocycles. The van der Waals surface area contributed by atoms with E-state index in [1.165, 1.54) is 19.3 Å². The van der Waals surface area contributed by atoms with Gasteiger partial charge in [-0.2, -0.15) is 0 Å². The van der Waals surface area contributed by atoms with Gasteiger partial charge in [-0.25, -0.2) is 4.79 Å². The molecule has 3 N–H and O–H groups in total. The number of carbonyl (C=O) groups is 4. The van der Waals surface area contributed by atoms with E-state index in [4.69, 9.17) is 23.7 Å². The lowest BCUT2D eigenvalue weighted by Crippen LogP contribution is -2.61. The maximum absolute atomic E-state index is 13.2. The molecule has 0 aliphatic carbocycles. The smallest absolute Gasteiger partial charge is 0.335 e. The number of aliphatic hydroxyl groups is 2. The zero-order valence-electron chi connectivity index (χ0n) is 51.6. The standard InChI is InChI=1S/C71H112O12/c1-4-7-10-13-16-19-22-25-28-31-32-35-38-41-44-47-50-53-56-59-65(74)82-69-67(76)66(75)68(70(77)78)83-71(69)80-61-62(81-64(73)58-55-52-49-46-43-40-37-34-30-27-24-21-18-15-12-9-6-3)60-79-63(72)57-54-51-48-45-42-39-36-33-29-26-23-20-17-14-11-8-5-2/h8-9,11-12,16-21,25-30,32,35-36,39,45,48,62,66-69,71,75-76H,4-7,10,13-15,22-24,31,33-34,37-38,40-44,46-47,49-61H2,1-3H3,(H,77,78)/b11-8-,12-9-,19-16-,20-17-,21-18-,28-25-,29-26-,30-27-,35-32-,39-36-,48-45-. The summed E-state index contributed by atoms with van der Waals surface area (Å²) in [5.41, 5.74) is 0. The fourth-order valence-electron chi connectivity index (χ4n) is 8.84. The van der Waals surface area contributed by atoms with Gasteiger partial charge in [0, 0.05) is 19.3 Å². The van der Waals surface area contributed by atoms with Crippen molar-refractivity contribution >= 4 is 23.9 Å². The first-order valence-corrected chi connectivity index (χ1v) is 32.2. The molecule has 0 bridgehead atoms. The van der Waals surface area contributed by atoms with Gasteiger partial charge < -0.3 is 39.0 Å². The number of aliphatic carboxylic acids is 1. The second kappa shape index (κ2) is 57.3. The Kier molecular flexibility index (Phi) is 52.4. The van der Waals surface area contributed by atoms with Crippen LogP contribution in [0.4, 0.5) is 0 Å². The second-order valence-electron chi connectivity index (χ2n) is 21.3. The van der Waals surface area contributed by atoms with E-state index in [0.29, 0.717) is 25.7 Å². The Morgan fingerprint density at radius 2 is 0.771 bits per heavy atom. The summed E-state index contributed by atoms with van der Waals surface area (Å²) in [6.45, 7) is 5.69. The number of carboxylic acids is 1. The Morgan fingerprint density at radius 1 is 0.410 bits per heavy atom. The van der Waals surface area contributed by atoms with Gasteiger partial charge in [0.1, 0.15) is 18.8 Å². The molecule has 0 saturated carbocycles. The van der Waals surface area contributed by atoms with Crippen LogP contribution in [0, 0.1) is 0 Å². The molecule has 468 valence electrons. The molecule has 0 amide bonds. The van der Waals surface area contributed by atoms with Gasteiger partial charge in [0.15, 0.2) is 24.6 Å². The highest BCUT2D eigenvalue weighted by Gasteiger charge is 2.50. The largest absolute Gasteiger partial charge is 0.479 e. The zero-order valence-corrected chi connectivity index (χ0v) is 51.6. The molecule has 0 aromatic rings. The maximum atomic E-state index is 13.2. The van der Waals surface area contributed by atoms with Crippen molar-refractivity contribution in [1.82, 2.24) is 0 Å². The summed E-state index contributed by atoms with van der Waals surface area (Å²) in [5, 5.41) is 31.6. The van der Waals surface area contributed by atoms with Crippen LogP contribution in [0.1, 0.15) is 239 Å². The van der Waals surface area contributed by atoms with E-state index < -0.39 is 67.3 Å². The lowest BCUT2D eigenvalue weighted by Gasteiger charge is -2.40. The SMILES string of the molecule is CC/C=C\C/C=C\C/C=C\C/C=C\C/C=C\CCCC(=O)OCC(COC1OC(C(=O)O)C(O)C(O)C1OC(=O)CCCCCCCC/C=C\C/C=C\C/C=C\CCCCC)OC(=O)CCCCCCCCC/C=C\C/C=C\C/C=C\CC. The third kappa shape index (κ3) is 46.9. The molecule has 1 fully saturated rings. The Morgan fingerprint density at radius 3 is 1.19 bits per heavy atom. The van der Waals surface area contributed by atoms with Crippen LogP contribution in [-0.4, -0.2) is 89.2 Å².